The van der Waals surface area contributed by atoms with Gasteiger partial charge in [0, 0.05) is 42.5 Å². The molecule has 1 saturated heterocycles. The van der Waals surface area contributed by atoms with Gasteiger partial charge in [0.15, 0.2) is 0 Å². The second kappa shape index (κ2) is 8.00. The molecule has 1 aromatic heterocycles. The molecule has 4 heteroatoms. The second-order valence-corrected chi connectivity index (χ2v) is 6.65. The lowest BCUT2D eigenvalue weighted by Crippen LogP contribution is -2.45. The lowest BCUT2D eigenvalue weighted by atomic mass is 10.3. The summed E-state index contributed by atoms with van der Waals surface area (Å²) in [6.45, 7) is 10.6. The fourth-order valence-electron chi connectivity index (χ4n) is 2.42. The third-order valence-electron chi connectivity index (χ3n) is 3.79. The molecule has 0 amide bonds. The number of hydrogen-bond acceptors (Lipinski definition) is 4. The van der Waals surface area contributed by atoms with E-state index in [-0.39, 0.29) is 0 Å². The molecule has 0 radical (unpaired) electrons. The van der Waals surface area contributed by atoms with E-state index in [2.05, 4.69) is 41.2 Å². The number of hydrogen-bond donors (Lipinski definition) is 1. The molecule has 2 heterocycles. The van der Waals surface area contributed by atoms with Crippen molar-refractivity contribution in [3.8, 4) is 0 Å². The second-order valence-electron chi connectivity index (χ2n) is 5.40. The van der Waals surface area contributed by atoms with Crippen molar-refractivity contribution in [3.05, 3.63) is 21.9 Å². The number of thiophene rings is 1. The van der Waals surface area contributed by atoms with Crippen LogP contribution in [0.4, 0.5) is 0 Å². The largest absolute Gasteiger partial charge is 0.312 e. The Bertz CT molecular complexity index is 356. The summed E-state index contributed by atoms with van der Waals surface area (Å²) in [4.78, 5) is 7.96. The maximum Gasteiger partial charge on any atom is 0.0299 e. The number of nitrogens with one attached hydrogen (secondary N) is 1. The van der Waals surface area contributed by atoms with Crippen LogP contribution >= 0.6 is 11.3 Å². The molecule has 1 aliphatic rings. The van der Waals surface area contributed by atoms with Gasteiger partial charge in [0.25, 0.3) is 0 Å². The number of likely N-dealkylation sites (N-methyl/N-ethyl adjacent to an activating group) is 1. The number of nitrogens with zero attached hydrogens (tertiary/aromatic N) is 2. The third kappa shape index (κ3) is 5.22. The van der Waals surface area contributed by atoms with E-state index in [0.717, 1.165) is 19.5 Å². The van der Waals surface area contributed by atoms with Crippen LogP contribution in [0.3, 0.4) is 0 Å². The Morgan fingerprint density at radius 1 is 1.16 bits per heavy atom. The molecule has 19 heavy (non-hydrogen) atoms. The molecule has 0 saturated carbocycles. The molecule has 0 aliphatic carbocycles. The van der Waals surface area contributed by atoms with Crippen LogP contribution in [-0.2, 0) is 13.0 Å². The van der Waals surface area contributed by atoms with E-state index in [1.165, 1.54) is 48.9 Å². The molecule has 1 aromatic rings. The highest BCUT2D eigenvalue weighted by atomic mass is 32.1. The molecule has 0 spiro atoms. The number of piperazine rings is 1. The molecule has 0 bridgehead atoms. The normalized spacial score (nSPS) is 18.0. The summed E-state index contributed by atoms with van der Waals surface area (Å²) < 4.78 is 0. The van der Waals surface area contributed by atoms with Gasteiger partial charge in [-0.2, -0.15) is 0 Å². The Morgan fingerprint density at radius 2 is 1.89 bits per heavy atom. The minimum Gasteiger partial charge on any atom is -0.312 e. The molecular formula is C15H27N3S. The van der Waals surface area contributed by atoms with Crippen LogP contribution in [0.5, 0.6) is 0 Å². The SMILES string of the molecule is CCc1ccc(CNCCCN2CCN(C)CC2)s1. The van der Waals surface area contributed by atoms with Crippen molar-refractivity contribution in [3.63, 3.8) is 0 Å². The third-order valence-corrected chi connectivity index (χ3v) is 5.02. The van der Waals surface area contributed by atoms with Crippen LogP contribution in [0, 0.1) is 0 Å². The monoisotopic (exact) mass is 281 g/mol. The zero-order chi connectivity index (χ0) is 13.5. The van der Waals surface area contributed by atoms with Gasteiger partial charge in [-0.15, -0.1) is 11.3 Å². The zero-order valence-electron chi connectivity index (χ0n) is 12.3. The van der Waals surface area contributed by atoms with Crippen LogP contribution in [0.1, 0.15) is 23.1 Å². The lowest BCUT2D eigenvalue weighted by Gasteiger charge is -2.32. The highest BCUT2D eigenvalue weighted by Crippen LogP contribution is 2.16. The molecule has 0 aromatic carbocycles. The first kappa shape index (κ1) is 15.0. The predicted octanol–water partition coefficient (Wildman–Crippen LogP) is 2.04. The van der Waals surface area contributed by atoms with Gasteiger partial charge in [-0.1, -0.05) is 6.92 Å². The number of rotatable bonds is 7. The highest BCUT2D eigenvalue weighted by molar-refractivity contribution is 7.11. The molecule has 0 unspecified atom stereocenters. The fourth-order valence-corrected chi connectivity index (χ4v) is 3.35. The molecule has 0 atom stereocenters. The van der Waals surface area contributed by atoms with Crippen molar-refractivity contribution in [2.45, 2.75) is 26.3 Å². The van der Waals surface area contributed by atoms with Crippen molar-refractivity contribution in [1.82, 2.24) is 15.1 Å². The average Bonchev–Trinajstić information content (AvgIpc) is 2.88. The standard InChI is InChI=1S/C15H27N3S/c1-3-14-5-6-15(19-14)13-16-7-4-8-18-11-9-17(2)10-12-18/h5-6,16H,3-4,7-13H2,1-2H3. The van der Waals surface area contributed by atoms with Crippen molar-refractivity contribution in [1.29, 1.82) is 0 Å². The van der Waals surface area contributed by atoms with E-state index in [1.54, 1.807) is 0 Å². The molecular weight excluding hydrogens is 254 g/mol. The van der Waals surface area contributed by atoms with E-state index in [1.807, 2.05) is 11.3 Å². The van der Waals surface area contributed by atoms with Gasteiger partial charge >= 0.3 is 0 Å². The maximum atomic E-state index is 3.56. The first-order chi connectivity index (χ1) is 9.28. The van der Waals surface area contributed by atoms with Gasteiger partial charge in [0.2, 0.25) is 0 Å². The average molecular weight is 281 g/mol. The summed E-state index contributed by atoms with van der Waals surface area (Å²) in [5.41, 5.74) is 0. The van der Waals surface area contributed by atoms with Gasteiger partial charge in [-0.25, -0.2) is 0 Å². The maximum absolute atomic E-state index is 3.56. The van der Waals surface area contributed by atoms with Crippen molar-refractivity contribution >= 4 is 11.3 Å². The van der Waals surface area contributed by atoms with Gasteiger partial charge in [-0.05, 0) is 45.1 Å². The van der Waals surface area contributed by atoms with Crippen molar-refractivity contribution in [2.75, 3.05) is 46.3 Å². The molecule has 2 rings (SSSR count). The van der Waals surface area contributed by atoms with Crippen molar-refractivity contribution in [2.24, 2.45) is 0 Å². The topological polar surface area (TPSA) is 18.5 Å². The Balaban J connectivity index is 1.52. The van der Waals surface area contributed by atoms with E-state index in [9.17, 15) is 0 Å². The first-order valence-corrected chi connectivity index (χ1v) is 8.29. The molecule has 108 valence electrons. The van der Waals surface area contributed by atoms with Crippen LogP contribution < -0.4 is 5.32 Å². The Kier molecular flexibility index (Phi) is 6.31. The van der Waals surface area contributed by atoms with Crippen LogP contribution in [-0.4, -0.2) is 56.1 Å². The first-order valence-electron chi connectivity index (χ1n) is 7.47. The van der Waals surface area contributed by atoms with Crippen LogP contribution in [0.25, 0.3) is 0 Å². The minimum absolute atomic E-state index is 1.04. The summed E-state index contributed by atoms with van der Waals surface area (Å²) >= 11 is 1.94. The Hall–Kier alpha value is -0.420. The van der Waals surface area contributed by atoms with E-state index in [4.69, 9.17) is 0 Å². The van der Waals surface area contributed by atoms with Crippen LogP contribution in [0.2, 0.25) is 0 Å². The van der Waals surface area contributed by atoms with Crippen molar-refractivity contribution < 1.29 is 0 Å². The smallest absolute Gasteiger partial charge is 0.0299 e. The predicted molar refractivity (Wildman–Crippen MR) is 84.0 cm³/mol. The van der Waals surface area contributed by atoms with Gasteiger partial charge in [0.1, 0.15) is 0 Å². The lowest BCUT2D eigenvalue weighted by molar-refractivity contribution is 0.153. The minimum atomic E-state index is 1.04. The summed E-state index contributed by atoms with van der Waals surface area (Å²) in [7, 11) is 2.21. The van der Waals surface area contributed by atoms with E-state index >= 15 is 0 Å². The van der Waals surface area contributed by atoms with Gasteiger partial charge in [-0.3, -0.25) is 0 Å². The molecule has 1 N–H and O–H groups in total. The summed E-state index contributed by atoms with van der Waals surface area (Å²) in [5, 5.41) is 3.56. The fraction of sp³-hybridized carbons (Fsp3) is 0.733. The van der Waals surface area contributed by atoms with Crippen LogP contribution in [0.15, 0.2) is 12.1 Å². The number of aryl methyl sites for hydroxylation is 1. The summed E-state index contributed by atoms with van der Waals surface area (Å²) in [6.07, 6.45) is 2.42. The molecule has 1 aliphatic heterocycles. The quantitative estimate of drug-likeness (QED) is 0.772. The highest BCUT2D eigenvalue weighted by Gasteiger charge is 2.12. The Labute approximate surface area is 121 Å². The molecule has 3 nitrogen and oxygen atoms in total. The van der Waals surface area contributed by atoms with E-state index < -0.39 is 0 Å². The summed E-state index contributed by atoms with van der Waals surface area (Å²) in [5.74, 6) is 0. The zero-order valence-corrected chi connectivity index (χ0v) is 13.1. The van der Waals surface area contributed by atoms with Gasteiger partial charge < -0.3 is 15.1 Å². The van der Waals surface area contributed by atoms with Gasteiger partial charge in [0.05, 0.1) is 0 Å². The molecule has 1 fully saturated rings. The Morgan fingerprint density at radius 3 is 2.58 bits per heavy atom. The van der Waals surface area contributed by atoms with E-state index in [0.29, 0.717) is 0 Å². The summed E-state index contributed by atoms with van der Waals surface area (Å²) in [6, 6.07) is 4.52.